The summed E-state index contributed by atoms with van der Waals surface area (Å²) in [6, 6.07) is 4.11. The van der Waals surface area contributed by atoms with Gasteiger partial charge in [-0.05, 0) is 61.8 Å². The molecule has 1 unspecified atom stereocenters. The Balaban J connectivity index is 2.50. The molecule has 16 heavy (non-hydrogen) atoms. The van der Waals surface area contributed by atoms with Crippen molar-refractivity contribution in [3.8, 4) is 5.75 Å². The van der Waals surface area contributed by atoms with Crippen molar-refractivity contribution in [2.45, 2.75) is 46.0 Å². The minimum atomic E-state index is 0.438. The average Bonchev–Trinajstić information content (AvgIpc) is 2.21. The maximum Gasteiger partial charge on any atom is 0.118 e. The molecule has 1 aromatic rings. The third-order valence-electron chi connectivity index (χ3n) is 3.55. The second-order valence-electron chi connectivity index (χ2n) is 5.04. The zero-order valence-corrected chi connectivity index (χ0v) is 10.4. The minimum absolute atomic E-state index is 0.438. The van der Waals surface area contributed by atoms with Crippen LogP contribution < -0.4 is 0 Å². The lowest BCUT2D eigenvalue weighted by atomic mass is 9.85. The molecular weight excluding hydrogens is 196 g/mol. The summed E-state index contributed by atoms with van der Waals surface area (Å²) >= 11 is 0. The van der Waals surface area contributed by atoms with E-state index in [1.807, 2.05) is 13.0 Å². The van der Waals surface area contributed by atoms with E-state index in [4.69, 9.17) is 0 Å². The normalized spacial score (nSPS) is 23.9. The Labute approximate surface area is 97.8 Å². The number of allylic oxidation sites excluding steroid dienone is 2. The quantitative estimate of drug-likeness (QED) is 0.648. The number of hydrogen-bond acceptors (Lipinski definition) is 1. The Hall–Kier alpha value is -1.24. The van der Waals surface area contributed by atoms with Crippen molar-refractivity contribution in [2.75, 3.05) is 0 Å². The van der Waals surface area contributed by atoms with Gasteiger partial charge in [-0.2, -0.15) is 0 Å². The van der Waals surface area contributed by atoms with Gasteiger partial charge in [0.2, 0.25) is 0 Å². The van der Waals surface area contributed by atoms with Crippen molar-refractivity contribution in [3.63, 3.8) is 0 Å². The van der Waals surface area contributed by atoms with E-state index in [1.165, 1.54) is 23.1 Å². The summed E-state index contributed by atoms with van der Waals surface area (Å²) in [5.74, 6) is 0.985. The molecule has 1 heteroatoms. The first-order valence-corrected chi connectivity index (χ1v) is 6.06. The first kappa shape index (κ1) is 11.3. The van der Waals surface area contributed by atoms with Gasteiger partial charge in [-0.25, -0.2) is 0 Å². The predicted molar refractivity (Wildman–Crippen MR) is 68.0 cm³/mol. The van der Waals surface area contributed by atoms with Gasteiger partial charge in [0.25, 0.3) is 0 Å². The van der Waals surface area contributed by atoms with E-state index in [9.17, 15) is 5.11 Å². The van der Waals surface area contributed by atoms with Crippen molar-refractivity contribution in [2.24, 2.45) is 0 Å². The maximum absolute atomic E-state index is 9.81. The molecule has 0 saturated heterocycles. The standard InChI is InChI=1S/C15H20O/c1-10-5-4-6-11(2)14-9-15(16)12(3)8-13(14)7-10/h5,8-9,11,16H,4,6-7H2,1-3H3/b10-5-. The average molecular weight is 216 g/mol. The van der Waals surface area contributed by atoms with Gasteiger partial charge in [0.1, 0.15) is 5.75 Å². The second-order valence-corrected chi connectivity index (χ2v) is 5.04. The first-order valence-electron chi connectivity index (χ1n) is 6.06. The predicted octanol–water partition coefficient (Wildman–Crippen LogP) is 4.09. The number of phenols is 1. The van der Waals surface area contributed by atoms with Crippen LogP contribution in [0.25, 0.3) is 0 Å². The molecule has 0 aliphatic heterocycles. The molecule has 1 aromatic carbocycles. The van der Waals surface area contributed by atoms with E-state index >= 15 is 0 Å². The summed E-state index contributed by atoms with van der Waals surface area (Å²) in [7, 11) is 0. The first-order chi connectivity index (χ1) is 7.58. The van der Waals surface area contributed by atoms with Gasteiger partial charge in [0.05, 0.1) is 0 Å². The smallest absolute Gasteiger partial charge is 0.118 e. The largest absolute Gasteiger partial charge is 0.508 e. The number of hydrogen-bond donors (Lipinski definition) is 1. The Morgan fingerprint density at radius 2 is 2.00 bits per heavy atom. The Bertz CT molecular complexity index is 429. The highest BCUT2D eigenvalue weighted by Crippen LogP contribution is 2.33. The number of benzene rings is 1. The summed E-state index contributed by atoms with van der Waals surface area (Å²) in [4.78, 5) is 0. The van der Waals surface area contributed by atoms with Gasteiger partial charge >= 0.3 is 0 Å². The number of aromatic hydroxyl groups is 1. The van der Waals surface area contributed by atoms with Crippen LogP contribution in [0, 0.1) is 6.92 Å². The van der Waals surface area contributed by atoms with Crippen LogP contribution in [0.1, 0.15) is 49.3 Å². The molecule has 0 bridgehead atoms. The molecule has 0 fully saturated rings. The van der Waals surface area contributed by atoms with Crippen LogP contribution in [0.2, 0.25) is 0 Å². The maximum atomic E-state index is 9.81. The summed E-state index contributed by atoms with van der Waals surface area (Å²) in [6.45, 7) is 6.42. The lowest BCUT2D eigenvalue weighted by Gasteiger charge is -2.20. The van der Waals surface area contributed by atoms with Crippen LogP contribution in [-0.2, 0) is 6.42 Å². The molecule has 0 radical (unpaired) electrons. The van der Waals surface area contributed by atoms with Gasteiger partial charge < -0.3 is 5.11 Å². The Morgan fingerprint density at radius 3 is 2.75 bits per heavy atom. The highest BCUT2D eigenvalue weighted by Gasteiger charge is 2.15. The fourth-order valence-corrected chi connectivity index (χ4v) is 2.49. The van der Waals surface area contributed by atoms with E-state index in [0.717, 1.165) is 18.4 Å². The number of phenolic OH excluding ortho intramolecular Hbond substituents is 1. The lowest BCUT2D eigenvalue weighted by Crippen LogP contribution is -2.04. The van der Waals surface area contributed by atoms with Crippen LogP contribution in [-0.4, -0.2) is 5.11 Å². The molecule has 86 valence electrons. The highest BCUT2D eigenvalue weighted by atomic mass is 16.3. The van der Waals surface area contributed by atoms with Crippen LogP contribution in [0.4, 0.5) is 0 Å². The van der Waals surface area contributed by atoms with Crippen LogP contribution in [0.15, 0.2) is 23.8 Å². The van der Waals surface area contributed by atoms with Crippen LogP contribution in [0.3, 0.4) is 0 Å². The van der Waals surface area contributed by atoms with Gasteiger partial charge in [0, 0.05) is 0 Å². The molecule has 0 spiro atoms. The van der Waals surface area contributed by atoms with E-state index in [0.29, 0.717) is 11.7 Å². The second kappa shape index (κ2) is 4.32. The van der Waals surface area contributed by atoms with Gasteiger partial charge in [0.15, 0.2) is 0 Å². The molecule has 0 aromatic heterocycles. The molecule has 0 heterocycles. The zero-order valence-electron chi connectivity index (χ0n) is 10.4. The lowest BCUT2D eigenvalue weighted by molar-refractivity contribution is 0.468. The molecule has 1 aliphatic rings. The fourth-order valence-electron chi connectivity index (χ4n) is 2.49. The Kier molecular flexibility index (Phi) is 3.04. The number of fused-ring (bicyclic) bond motifs is 1. The number of aryl methyl sites for hydroxylation is 1. The van der Waals surface area contributed by atoms with E-state index < -0.39 is 0 Å². The van der Waals surface area contributed by atoms with Gasteiger partial charge in [-0.3, -0.25) is 0 Å². The molecule has 1 N–H and O–H groups in total. The summed E-state index contributed by atoms with van der Waals surface area (Å²) in [6.07, 6.45) is 5.70. The topological polar surface area (TPSA) is 20.2 Å². The van der Waals surface area contributed by atoms with Crippen molar-refractivity contribution in [1.29, 1.82) is 0 Å². The molecule has 1 atom stereocenters. The molecular formula is C15H20O. The molecule has 2 rings (SSSR count). The molecule has 0 saturated carbocycles. The summed E-state index contributed by atoms with van der Waals surface area (Å²) < 4.78 is 0. The molecule has 1 aliphatic carbocycles. The third kappa shape index (κ3) is 2.13. The summed E-state index contributed by atoms with van der Waals surface area (Å²) in [5.41, 5.74) is 5.14. The molecule has 1 nitrogen and oxygen atoms in total. The van der Waals surface area contributed by atoms with Crippen LogP contribution in [0.5, 0.6) is 5.75 Å². The van der Waals surface area contributed by atoms with Crippen molar-refractivity contribution >= 4 is 0 Å². The van der Waals surface area contributed by atoms with Gasteiger partial charge in [-0.1, -0.05) is 24.6 Å². The van der Waals surface area contributed by atoms with Crippen molar-refractivity contribution < 1.29 is 5.11 Å². The highest BCUT2D eigenvalue weighted by molar-refractivity contribution is 5.44. The monoisotopic (exact) mass is 216 g/mol. The van der Waals surface area contributed by atoms with E-state index in [-0.39, 0.29) is 0 Å². The van der Waals surface area contributed by atoms with Crippen LogP contribution >= 0.6 is 0 Å². The van der Waals surface area contributed by atoms with Gasteiger partial charge in [-0.15, -0.1) is 0 Å². The minimum Gasteiger partial charge on any atom is -0.508 e. The van der Waals surface area contributed by atoms with E-state index in [2.05, 4.69) is 26.0 Å². The number of rotatable bonds is 0. The van der Waals surface area contributed by atoms with Crippen molar-refractivity contribution in [1.82, 2.24) is 0 Å². The molecule has 0 amide bonds. The SMILES string of the molecule is C/C1=C/CCC(C)c2cc(O)c(C)cc2C1. The Morgan fingerprint density at radius 1 is 1.25 bits per heavy atom. The fraction of sp³-hybridized carbons (Fsp3) is 0.467. The zero-order chi connectivity index (χ0) is 11.7. The third-order valence-corrected chi connectivity index (χ3v) is 3.55. The van der Waals surface area contributed by atoms with Crippen molar-refractivity contribution in [3.05, 3.63) is 40.5 Å². The summed E-state index contributed by atoms with van der Waals surface area (Å²) in [5, 5.41) is 9.81. The van der Waals surface area contributed by atoms with E-state index in [1.54, 1.807) is 0 Å².